The zero-order chi connectivity index (χ0) is 11.7. The molecular weight excluding hydrogens is 238 g/mol. The van der Waals surface area contributed by atoms with Crippen LogP contribution in [0, 0.1) is 0 Å². The summed E-state index contributed by atoms with van der Waals surface area (Å²) in [4.78, 5) is 18.7. The molecule has 0 spiro atoms. The van der Waals surface area contributed by atoms with Crippen LogP contribution in [0.2, 0.25) is 0 Å². The molecule has 0 unspecified atom stereocenters. The first-order valence-corrected chi connectivity index (χ1v) is 5.77. The molecule has 6 heteroatoms. The molecule has 1 N–H and O–H groups in total. The lowest BCUT2D eigenvalue weighted by atomic mass is 10.3. The highest BCUT2D eigenvalue weighted by atomic mass is 32.1. The Morgan fingerprint density at radius 3 is 2.94 bits per heavy atom. The quantitative estimate of drug-likeness (QED) is 0.750. The minimum atomic E-state index is -0.160. The van der Waals surface area contributed by atoms with E-state index in [1.54, 1.807) is 23.6 Å². The second-order valence-corrected chi connectivity index (χ2v) is 4.29. The molecule has 0 amide bonds. The van der Waals surface area contributed by atoms with Crippen LogP contribution in [-0.2, 0) is 0 Å². The van der Waals surface area contributed by atoms with Crippen molar-refractivity contribution in [3.8, 4) is 22.2 Å². The zero-order valence-electron chi connectivity index (χ0n) is 8.58. The summed E-state index contributed by atoms with van der Waals surface area (Å²) in [5, 5.41) is 5.84. The summed E-state index contributed by atoms with van der Waals surface area (Å²) in [6.07, 6.45) is 1.55. The van der Waals surface area contributed by atoms with Gasteiger partial charge in [0.05, 0.1) is 10.4 Å². The molecule has 0 aliphatic carbocycles. The van der Waals surface area contributed by atoms with Crippen molar-refractivity contribution in [2.24, 2.45) is 0 Å². The van der Waals surface area contributed by atoms with Gasteiger partial charge < -0.3 is 9.51 Å². The minimum absolute atomic E-state index is 0.160. The summed E-state index contributed by atoms with van der Waals surface area (Å²) in [6, 6.07) is 6.91. The maximum absolute atomic E-state index is 10.9. The number of hydrogen-bond acceptors (Lipinski definition) is 5. The molecule has 0 aromatic carbocycles. The predicted molar refractivity (Wildman–Crippen MR) is 63.7 cm³/mol. The molecule has 0 saturated heterocycles. The molecular formula is C11H7N3O2S. The molecule has 3 aromatic heterocycles. The highest BCUT2D eigenvalue weighted by Crippen LogP contribution is 2.24. The third kappa shape index (κ3) is 1.90. The van der Waals surface area contributed by atoms with Crippen molar-refractivity contribution < 1.29 is 4.52 Å². The number of rotatable bonds is 2. The smallest absolute Gasteiger partial charge is 0.259 e. The number of H-pyrrole nitrogens is 1. The summed E-state index contributed by atoms with van der Waals surface area (Å²) in [5.41, 5.74) is 0.534. The van der Waals surface area contributed by atoms with Crippen molar-refractivity contribution in [2.75, 3.05) is 0 Å². The molecule has 0 atom stereocenters. The van der Waals surface area contributed by atoms with Gasteiger partial charge in [0.1, 0.15) is 0 Å². The Morgan fingerprint density at radius 2 is 2.24 bits per heavy atom. The third-order valence-electron chi connectivity index (χ3n) is 2.20. The maximum Gasteiger partial charge on any atom is 0.259 e. The Kier molecular flexibility index (Phi) is 2.34. The number of nitrogens with one attached hydrogen (secondary N) is 1. The van der Waals surface area contributed by atoms with Gasteiger partial charge in [0.15, 0.2) is 0 Å². The van der Waals surface area contributed by atoms with Gasteiger partial charge in [0.25, 0.3) is 5.89 Å². The Hall–Kier alpha value is -2.21. The summed E-state index contributed by atoms with van der Waals surface area (Å²) in [6.45, 7) is 0. The molecule has 84 valence electrons. The van der Waals surface area contributed by atoms with Gasteiger partial charge in [-0.3, -0.25) is 4.79 Å². The second kappa shape index (κ2) is 3.99. The van der Waals surface area contributed by atoms with Crippen LogP contribution >= 0.6 is 11.3 Å². The topological polar surface area (TPSA) is 71.8 Å². The first-order valence-electron chi connectivity index (χ1n) is 4.89. The van der Waals surface area contributed by atoms with Gasteiger partial charge >= 0.3 is 0 Å². The summed E-state index contributed by atoms with van der Waals surface area (Å²) < 4.78 is 5.14. The van der Waals surface area contributed by atoms with E-state index in [1.807, 2.05) is 17.5 Å². The molecule has 0 saturated carbocycles. The lowest BCUT2D eigenvalue weighted by molar-refractivity contribution is 0.432. The highest BCUT2D eigenvalue weighted by molar-refractivity contribution is 7.13. The van der Waals surface area contributed by atoms with Crippen molar-refractivity contribution in [2.45, 2.75) is 0 Å². The van der Waals surface area contributed by atoms with E-state index in [0.717, 1.165) is 4.88 Å². The van der Waals surface area contributed by atoms with E-state index < -0.39 is 0 Å². The molecule has 5 nitrogen and oxygen atoms in total. The zero-order valence-corrected chi connectivity index (χ0v) is 9.40. The monoisotopic (exact) mass is 245 g/mol. The number of aromatic nitrogens is 3. The largest absolute Gasteiger partial charge is 0.334 e. The van der Waals surface area contributed by atoms with E-state index in [0.29, 0.717) is 17.3 Å². The summed E-state index contributed by atoms with van der Waals surface area (Å²) >= 11 is 1.54. The molecule has 3 heterocycles. The molecule has 0 aliphatic heterocycles. The molecule has 3 aromatic rings. The third-order valence-corrected chi connectivity index (χ3v) is 3.06. The fourth-order valence-electron chi connectivity index (χ4n) is 1.39. The van der Waals surface area contributed by atoms with Crippen LogP contribution in [0.25, 0.3) is 22.2 Å². The Balaban J connectivity index is 2.00. The molecule has 0 bridgehead atoms. The standard InChI is InChI=1S/C11H7N3O2S/c15-9-4-3-7(6-12-9)11-13-10(14-16-11)8-2-1-5-17-8/h1-6H,(H,12,15). The van der Waals surface area contributed by atoms with Crippen LogP contribution in [0.1, 0.15) is 0 Å². The first kappa shape index (κ1) is 9.98. The van der Waals surface area contributed by atoms with Gasteiger partial charge in [-0.1, -0.05) is 11.2 Å². The Labute approximate surface area is 99.8 Å². The predicted octanol–water partition coefficient (Wildman–Crippen LogP) is 2.15. The lowest BCUT2D eigenvalue weighted by Crippen LogP contribution is -2.01. The fourth-order valence-corrected chi connectivity index (χ4v) is 2.04. The average molecular weight is 245 g/mol. The van der Waals surface area contributed by atoms with Gasteiger partial charge in [-0.15, -0.1) is 11.3 Å². The average Bonchev–Trinajstić information content (AvgIpc) is 3.00. The number of aromatic amines is 1. The maximum atomic E-state index is 10.9. The first-order chi connectivity index (χ1) is 8.33. The van der Waals surface area contributed by atoms with Gasteiger partial charge in [-0.05, 0) is 17.5 Å². The van der Waals surface area contributed by atoms with Crippen LogP contribution in [0.5, 0.6) is 0 Å². The van der Waals surface area contributed by atoms with Crippen molar-refractivity contribution >= 4 is 11.3 Å². The van der Waals surface area contributed by atoms with Gasteiger partial charge in [0, 0.05) is 12.3 Å². The van der Waals surface area contributed by atoms with E-state index in [1.165, 1.54) is 6.07 Å². The summed E-state index contributed by atoms with van der Waals surface area (Å²) in [5.74, 6) is 0.950. The van der Waals surface area contributed by atoms with Gasteiger partial charge in [-0.25, -0.2) is 0 Å². The molecule has 0 fully saturated rings. The van der Waals surface area contributed by atoms with Crippen LogP contribution in [-0.4, -0.2) is 15.1 Å². The normalized spacial score (nSPS) is 10.6. The van der Waals surface area contributed by atoms with E-state index >= 15 is 0 Å². The van der Waals surface area contributed by atoms with E-state index in [-0.39, 0.29) is 5.56 Å². The Morgan fingerprint density at radius 1 is 1.29 bits per heavy atom. The van der Waals surface area contributed by atoms with Crippen LogP contribution in [0.15, 0.2) is 45.2 Å². The van der Waals surface area contributed by atoms with Crippen molar-refractivity contribution in [3.63, 3.8) is 0 Å². The van der Waals surface area contributed by atoms with Crippen LogP contribution in [0.3, 0.4) is 0 Å². The Bertz CT molecular complexity index is 664. The number of hydrogen-bond donors (Lipinski definition) is 1. The molecule has 0 radical (unpaired) electrons. The highest BCUT2D eigenvalue weighted by Gasteiger charge is 2.10. The van der Waals surface area contributed by atoms with Gasteiger partial charge in [-0.2, -0.15) is 4.98 Å². The van der Waals surface area contributed by atoms with Crippen LogP contribution in [0.4, 0.5) is 0 Å². The van der Waals surface area contributed by atoms with E-state index in [9.17, 15) is 4.79 Å². The minimum Gasteiger partial charge on any atom is -0.334 e. The number of nitrogens with zero attached hydrogens (tertiary/aromatic N) is 2. The number of pyridine rings is 1. The van der Waals surface area contributed by atoms with Crippen molar-refractivity contribution in [3.05, 3.63) is 46.2 Å². The SMILES string of the molecule is O=c1ccc(-c2nc(-c3cccs3)no2)c[nH]1. The molecule has 3 rings (SSSR count). The number of thiophene rings is 1. The summed E-state index contributed by atoms with van der Waals surface area (Å²) in [7, 11) is 0. The van der Waals surface area contributed by atoms with Gasteiger partial charge in [0.2, 0.25) is 11.4 Å². The van der Waals surface area contributed by atoms with Crippen LogP contribution < -0.4 is 5.56 Å². The van der Waals surface area contributed by atoms with Crippen molar-refractivity contribution in [1.82, 2.24) is 15.1 Å². The molecule has 0 aliphatic rings. The van der Waals surface area contributed by atoms with E-state index in [4.69, 9.17) is 4.52 Å². The lowest BCUT2D eigenvalue weighted by Gasteiger charge is -1.90. The second-order valence-electron chi connectivity index (χ2n) is 3.34. The van der Waals surface area contributed by atoms with E-state index in [2.05, 4.69) is 15.1 Å². The van der Waals surface area contributed by atoms with Crippen molar-refractivity contribution in [1.29, 1.82) is 0 Å². The fraction of sp³-hybridized carbons (Fsp3) is 0. The molecule has 17 heavy (non-hydrogen) atoms.